The van der Waals surface area contributed by atoms with Crippen LogP contribution in [-0.2, 0) is 6.54 Å². The third-order valence-corrected chi connectivity index (χ3v) is 5.46. The number of rotatable bonds is 2. The Labute approximate surface area is 119 Å². The first-order valence-electron chi connectivity index (χ1n) is 5.87. The lowest BCUT2D eigenvalue weighted by Gasteiger charge is -2.34. The monoisotopic (exact) mass is 363 g/mol. The molecule has 1 aromatic rings. The van der Waals surface area contributed by atoms with Gasteiger partial charge in [0.15, 0.2) is 0 Å². The summed E-state index contributed by atoms with van der Waals surface area (Å²) in [5.41, 5.74) is 1.03. The van der Waals surface area contributed by atoms with E-state index in [4.69, 9.17) is 0 Å². The lowest BCUT2D eigenvalue weighted by atomic mass is 9.98. The molecule has 0 spiro atoms. The molecule has 0 amide bonds. The van der Waals surface area contributed by atoms with E-state index in [2.05, 4.69) is 43.7 Å². The van der Waals surface area contributed by atoms with E-state index in [9.17, 15) is 4.39 Å². The number of piperidine rings is 1. The van der Waals surface area contributed by atoms with Crippen molar-refractivity contribution in [2.45, 2.75) is 24.7 Å². The molecule has 1 saturated heterocycles. The minimum atomic E-state index is -0.178. The van der Waals surface area contributed by atoms with Gasteiger partial charge in [-0.15, -0.1) is 0 Å². The maximum Gasteiger partial charge on any atom is 0.137 e. The van der Waals surface area contributed by atoms with E-state index < -0.39 is 0 Å². The van der Waals surface area contributed by atoms with Crippen molar-refractivity contribution in [1.29, 1.82) is 0 Å². The normalized spacial score (nSPS) is 26.1. The lowest BCUT2D eigenvalue weighted by molar-refractivity contribution is 0.193. The van der Waals surface area contributed by atoms with Crippen molar-refractivity contribution in [3.05, 3.63) is 34.1 Å². The van der Waals surface area contributed by atoms with Crippen LogP contribution in [0.4, 0.5) is 4.39 Å². The lowest BCUT2D eigenvalue weighted by Crippen LogP contribution is -2.39. The fraction of sp³-hybridized carbons (Fsp3) is 0.538. The standard InChI is InChI=1S/C13H16Br2FN/c1-9-5-6-17(8-11(9)14)7-10-3-2-4-12(16)13(10)15/h2-4,9,11H,5-8H2,1H3. The molecule has 0 aliphatic carbocycles. The Hall–Kier alpha value is 0.0700. The Morgan fingerprint density at radius 3 is 2.94 bits per heavy atom. The Kier molecular flexibility index (Phi) is 4.61. The third-order valence-electron chi connectivity index (χ3n) is 3.38. The van der Waals surface area contributed by atoms with Gasteiger partial charge in [0, 0.05) is 17.9 Å². The van der Waals surface area contributed by atoms with Gasteiger partial charge in [-0.2, -0.15) is 0 Å². The molecule has 0 saturated carbocycles. The molecule has 1 heterocycles. The number of hydrogen-bond acceptors (Lipinski definition) is 1. The Morgan fingerprint density at radius 2 is 2.24 bits per heavy atom. The van der Waals surface area contributed by atoms with Crippen molar-refractivity contribution in [2.24, 2.45) is 5.92 Å². The van der Waals surface area contributed by atoms with Gasteiger partial charge in [-0.05, 0) is 46.4 Å². The molecule has 0 radical (unpaired) electrons. The molecule has 0 aromatic heterocycles. The van der Waals surface area contributed by atoms with Crippen LogP contribution in [0, 0.1) is 11.7 Å². The molecule has 2 atom stereocenters. The summed E-state index contributed by atoms with van der Waals surface area (Å²) in [6.45, 7) is 5.21. The molecule has 17 heavy (non-hydrogen) atoms. The van der Waals surface area contributed by atoms with Crippen LogP contribution in [0.25, 0.3) is 0 Å². The quantitative estimate of drug-likeness (QED) is 0.711. The Morgan fingerprint density at radius 1 is 1.47 bits per heavy atom. The van der Waals surface area contributed by atoms with Gasteiger partial charge >= 0.3 is 0 Å². The molecule has 1 nitrogen and oxygen atoms in total. The smallest absolute Gasteiger partial charge is 0.137 e. The summed E-state index contributed by atoms with van der Waals surface area (Å²) in [5.74, 6) is 0.547. The second kappa shape index (κ2) is 5.81. The predicted octanol–water partition coefficient (Wildman–Crippen LogP) is 4.19. The summed E-state index contributed by atoms with van der Waals surface area (Å²) in [7, 11) is 0. The van der Waals surface area contributed by atoms with Crippen LogP contribution in [-0.4, -0.2) is 22.8 Å². The van der Waals surface area contributed by atoms with Crippen molar-refractivity contribution in [2.75, 3.05) is 13.1 Å². The SMILES string of the molecule is CC1CCN(Cc2cccc(F)c2Br)CC1Br. The summed E-state index contributed by atoms with van der Waals surface area (Å²) in [6, 6.07) is 5.24. The molecule has 2 unspecified atom stereocenters. The Balaban J connectivity index is 2.04. The van der Waals surface area contributed by atoms with Crippen LogP contribution in [0.2, 0.25) is 0 Å². The first-order chi connectivity index (χ1) is 8.08. The van der Waals surface area contributed by atoms with Crippen molar-refractivity contribution >= 4 is 31.9 Å². The van der Waals surface area contributed by atoms with E-state index in [-0.39, 0.29) is 5.82 Å². The van der Waals surface area contributed by atoms with E-state index in [0.29, 0.717) is 9.30 Å². The van der Waals surface area contributed by atoms with E-state index in [1.54, 1.807) is 6.07 Å². The van der Waals surface area contributed by atoms with E-state index in [1.165, 1.54) is 12.5 Å². The number of hydrogen-bond donors (Lipinski definition) is 0. The molecule has 4 heteroatoms. The molecule has 94 valence electrons. The highest BCUT2D eigenvalue weighted by Crippen LogP contribution is 2.27. The van der Waals surface area contributed by atoms with Gasteiger partial charge in [-0.3, -0.25) is 4.90 Å². The zero-order chi connectivity index (χ0) is 12.4. The molecular weight excluding hydrogens is 349 g/mol. The largest absolute Gasteiger partial charge is 0.298 e. The molecule has 1 aliphatic heterocycles. The van der Waals surface area contributed by atoms with Gasteiger partial charge in [0.1, 0.15) is 5.82 Å². The predicted molar refractivity (Wildman–Crippen MR) is 75.9 cm³/mol. The zero-order valence-corrected chi connectivity index (χ0v) is 13.0. The second-order valence-electron chi connectivity index (χ2n) is 4.73. The van der Waals surface area contributed by atoms with Gasteiger partial charge < -0.3 is 0 Å². The van der Waals surface area contributed by atoms with Gasteiger partial charge in [0.05, 0.1) is 4.47 Å². The first kappa shape index (κ1) is 13.5. The topological polar surface area (TPSA) is 3.24 Å². The fourth-order valence-electron chi connectivity index (χ4n) is 2.14. The first-order valence-corrected chi connectivity index (χ1v) is 7.58. The second-order valence-corrected chi connectivity index (χ2v) is 6.70. The summed E-state index contributed by atoms with van der Waals surface area (Å²) in [6.07, 6.45) is 1.20. The Bertz CT molecular complexity index is 397. The minimum Gasteiger partial charge on any atom is -0.298 e. The van der Waals surface area contributed by atoms with Crippen molar-refractivity contribution in [1.82, 2.24) is 4.90 Å². The van der Waals surface area contributed by atoms with Crippen LogP contribution in [0.5, 0.6) is 0 Å². The van der Waals surface area contributed by atoms with E-state index in [0.717, 1.165) is 31.1 Å². The van der Waals surface area contributed by atoms with Crippen LogP contribution in [0.15, 0.2) is 22.7 Å². The fourth-order valence-corrected chi connectivity index (χ4v) is 3.20. The molecule has 1 fully saturated rings. The van der Waals surface area contributed by atoms with Crippen LogP contribution >= 0.6 is 31.9 Å². The number of benzene rings is 1. The average Bonchev–Trinajstić information content (AvgIpc) is 2.30. The molecule has 1 aliphatic rings. The highest BCUT2D eigenvalue weighted by atomic mass is 79.9. The van der Waals surface area contributed by atoms with Crippen molar-refractivity contribution < 1.29 is 4.39 Å². The number of nitrogens with zero attached hydrogens (tertiary/aromatic N) is 1. The van der Waals surface area contributed by atoms with Crippen molar-refractivity contribution in [3.63, 3.8) is 0 Å². The average molecular weight is 365 g/mol. The summed E-state index contributed by atoms with van der Waals surface area (Å²) in [5, 5.41) is 0. The molecule has 0 bridgehead atoms. The van der Waals surface area contributed by atoms with E-state index in [1.807, 2.05) is 6.07 Å². The van der Waals surface area contributed by atoms with E-state index >= 15 is 0 Å². The van der Waals surface area contributed by atoms with Crippen molar-refractivity contribution in [3.8, 4) is 0 Å². The number of halogens is 3. The minimum absolute atomic E-state index is 0.178. The maximum atomic E-state index is 13.4. The summed E-state index contributed by atoms with van der Waals surface area (Å²) >= 11 is 7.03. The van der Waals surface area contributed by atoms with Crippen LogP contribution in [0.1, 0.15) is 18.9 Å². The third kappa shape index (κ3) is 3.30. The van der Waals surface area contributed by atoms with Crippen LogP contribution < -0.4 is 0 Å². The van der Waals surface area contributed by atoms with Gasteiger partial charge in [0.2, 0.25) is 0 Å². The summed E-state index contributed by atoms with van der Waals surface area (Å²) in [4.78, 5) is 2.92. The van der Waals surface area contributed by atoms with Crippen LogP contribution in [0.3, 0.4) is 0 Å². The highest BCUT2D eigenvalue weighted by Gasteiger charge is 2.24. The summed E-state index contributed by atoms with van der Waals surface area (Å²) < 4.78 is 14.0. The highest BCUT2D eigenvalue weighted by molar-refractivity contribution is 9.10. The molecule has 0 N–H and O–H groups in total. The van der Waals surface area contributed by atoms with Gasteiger partial charge in [-0.1, -0.05) is 35.0 Å². The molecular formula is C13H16Br2FN. The molecule has 2 rings (SSSR count). The molecule has 1 aromatic carbocycles. The number of alkyl halides is 1. The van der Waals surface area contributed by atoms with Gasteiger partial charge in [0.25, 0.3) is 0 Å². The van der Waals surface area contributed by atoms with Gasteiger partial charge in [-0.25, -0.2) is 4.39 Å². The number of likely N-dealkylation sites (tertiary alicyclic amines) is 1. The maximum absolute atomic E-state index is 13.4. The zero-order valence-electron chi connectivity index (χ0n) is 9.80.